The van der Waals surface area contributed by atoms with Gasteiger partial charge in [0.15, 0.2) is 0 Å². The summed E-state index contributed by atoms with van der Waals surface area (Å²) in [4.78, 5) is 10.6. The van der Waals surface area contributed by atoms with E-state index in [2.05, 4.69) is 56.3 Å². The molecule has 1 aliphatic rings. The van der Waals surface area contributed by atoms with Crippen LogP contribution in [0.25, 0.3) is 11.1 Å². The van der Waals surface area contributed by atoms with Crippen molar-refractivity contribution in [3.8, 4) is 11.1 Å². The largest absolute Gasteiger partial charge is 0.384 e. The van der Waals surface area contributed by atoms with Gasteiger partial charge in [-0.1, -0.05) is 29.8 Å². The quantitative estimate of drug-likeness (QED) is 0.769. The first-order chi connectivity index (χ1) is 12.2. The van der Waals surface area contributed by atoms with Crippen molar-refractivity contribution >= 4 is 11.6 Å². The zero-order valence-corrected chi connectivity index (χ0v) is 14.3. The third-order valence-electron chi connectivity index (χ3n) is 4.90. The Hall–Kier alpha value is -2.89. The van der Waals surface area contributed by atoms with Crippen LogP contribution in [0.3, 0.4) is 0 Å². The van der Waals surface area contributed by atoms with E-state index >= 15 is 0 Å². The number of aromatic amines is 1. The number of H-pyrrole nitrogens is 1. The van der Waals surface area contributed by atoms with Crippen molar-refractivity contribution < 1.29 is 0 Å². The number of nitrogen functional groups attached to an aromatic ring is 1. The zero-order chi connectivity index (χ0) is 17.2. The van der Waals surface area contributed by atoms with Crippen molar-refractivity contribution in [1.29, 1.82) is 0 Å². The number of aromatic nitrogens is 4. The second-order valence-corrected chi connectivity index (χ2v) is 6.63. The molecule has 3 N–H and O–H groups in total. The highest BCUT2D eigenvalue weighted by atomic mass is 15.2. The summed E-state index contributed by atoms with van der Waals surface area (Å²) in [5.41, 5.74) is 10.7. The van der Waals surface area contributed by atoms with Gasteiger partial charge < -0.3 is 10.6 Å². The molecule has 0 spiro atoms. The SMILES string of the molecule is Cc1cccc(-c2cn[nH]c2C2CCN(c3cc(N)ncn3)CC2)c1. The van der Waals surface area contributed by atoms with Gasteiger partial charge in [-0.25, -0.2) is 9.97 Å². The number of benzene rings is 1. The average Bonchev–Trinajstić information content (AvgIpc) is 3.12. The second-order valence-electron chi connectivity index (χ2n) is 6.63. The van der Waals surface area contributed by atoms with Crippen LogP contribution in [0.1, 0.15) is 30.0 Å². The van der Waals surface area contributed by atoms with Crippen molar-refractivity contribution in [2.24, 2.45) is 0 Å². The van der Waals surface area contributed by atoms with E-state index in [-0.39, 0.29) is 0 Å². The lowest BCUT2D eigenvalue weighted by molar-refractivity contribution is 0.493. The fraction of sp³-hybridized carbons (Fsp3) is 0.316. The number of piperidine rings is 1. The molecule has 25 heavy (non-hydrogen) atoms. The van der Waals surface area contributed by atoms with Crippen LogP contribution < -0.4 is 10.6 Å². The van der Waals surface area contributed by atoms with Crippen molar-refractivity contribution in [3.63, 3.8) is 0 Å². The number of nitrogens with zero attached hydrogens (tertiary/aromatic N) is 4. The average molecular weight is 334 g/mol. The Kier molecular flexibility index (Phi) is 4.09. The summed E-state index contributed by atoms with van der Waals surface area (Å²) in [5, 5.41) is 7.56. The molecule has 0 unspecified atom stereocenters. The standard InChI is InChI=1S/C19H22N6/c1-13-3-2-4-15(9-13)16-11-23-24-19(16)14-5-7-25(8-6-14)18-10-17(20)21-12-22-18/h2-4,9-12,14H,5-8H2,1H3,(H,23,24)(H2,20,21,22). The maximum Gasteiger partial charge on any atom is 0.134 e. The normalized spacial score (nSPS) is 15.5. The number of nitrogens with two attached hydrogens (primary N) is 1. The summed E-state index contributed by atoms with van der Waals surface area (Å²) in [6.07, 6.45) is 5.60. The molecule has 0 amide bonds. The molecule has 0 aliphatic carbocycles. The van der Waals surface area contributed by atoms with Gasteiger partial charge in [0.25, 0.3) is 0 Å². The van der Waals surface area contributed by atoms with Gasteiger partial charge in [0, 0.05) is 36.3 Å². The molecule has 0 radical (unpaired) electrons. The number of aryl methyl sites for hydroxylation is 1. The van der Waals surface area contributed by atoms with E-state index < -0.39 is 0 Å². The van der Waals surface area contributed by atoms with E-state index in [1.54, 1.807) is 0 Å². The van der Waals surface area contributed by atoms with Gasteiger partial charge in [0.2, 0.25) is 0 Å². The maximum absolute atomic E-state index is 5.78. The molecule has 2 aromatic heterocycles. The first-order valence-electron chi connectivity index (χ1n) is 8.63. The third-order valence-corrected chi connectivity index (χ3v) is 4.90. The van der Waals surface area contributed by atoms with Crippen molar-refractivity contribution in [3.05, 3.63) is 54.1 Å². The third kappa shape index (κ3) is 3.20. The van der Waals surface area contributed by atoms with E-state index in [1.165, 1.54) is 28.7 Å². The van der Waals surface area contributed by atoms with Gasteiger partial charge in [0.05, 0.1) is 6.20 Å². The highest BCUT2D eigenvalue weighted by molar-refractivity contribution is 5.66. The van der Waals surface area contributed by atoms with Gasteiger partial charge in [-0.2, -0.15) is 5.10 Å². The van der Waals surface area contributed by atoms with Crippen LogP contribution in [0.15, 0.2) is 42.9 Å². The first kappa shape index (κ1) is 15.6. The van der Waals surface area contributed by atoms with Gasteiger partial charge in [-0.3, -0.25) is 5.10 Å². The highest BCUT2D eigenvalue weighted by Crippen LogP contribution is 2.35. The molecule has 3 heterocycles. The molecule has 1 aliphatic heterocycles. The fourth-order valence-electron chi connectivity index (χ4n) is 3.58. The Morgan fingerprint density at radius 1 is 1.16 bits per heavy atom. The van der Waals surface area contributed by atoms with Crippen LogP contribution in [0, 0.1) is 6.92 Å². The van der Waals surface area contributed by atoms with Gasteiger partial charge in [-0.15, -0.1) is 0 Å². The summed E-state index contributed by atoms with van der Waals surface area (Å²) >= 11 is 0. The van der Waals surface area contributed by atoms with Gasteiger partial charge in [0.1, 0.15) is 18.0 Å². The second kappa shape index (κ2) is 6.55. The Morgan fingerprint density at radius 3 is 2.76 bits per heavy atom. The molecule has 0 atom stereocenters. The van der Waals surface area contributed by atoms with Crippen LogP contribution in [0.4, 0.5) is 11.6 Å². The number of anilines is 2. The van der Waals surface area contributed by atoms with Crippen LogP contribution in [-0.2, 0) is 0 Å². The summed E-state index contributed by atoms with van der Waals surface area (Å²) in [6, 6.07) is 10.4. The molecule has 128 valence electrons. The molecule has 3 aromatic rings. The summed E-state index contributed by atoms with van der Waals surface area (Å²) < 4.78 is 0. The molecule has 4 rings (SSSR count). The topological polar surface area (TPSA) is 83.7 Å². The molecule has 0 saturated carbocycles. The molecule has 6 heteroatoms. The lowest BCUT2D eigenvalue weighted by atomic mass is 9.89. The van der Waals surface area contributed by atoms with E-state index in [0.29, 0.717) is 11.7 Å². The predicted molar refractivity (Wildman–Crippen MR) is 99.4 cm³/mol. The van der Waals surface area contributed by atoms with Crippen molar-refractivity contribution in [2.45, 2.75) is 25.7 Å². The Balaban J connectivity index is 1.51. The van der Waals surface area contributed by atoms with Gasteiger partial charge in [-0.05, 0) is 25.3 Å². The molecular formula is C19H22N6. The maximum atomic E-state index is 5.78. The smallest absolute Gasteiger partial charge is 0.134 e. The minimum Gasteiger partial charge on any atom is -0.384 e. The van der Waals surface area contributed by atoms with E-state index in [1.807, 2.05) is 12.3 Å². The summed E-state index contributed by atoms with van der Waals surface area (Å²) in [6.45, 7) is 4.02. The lowest BCUT2D eigenvalue weighted by Crippen LogP contribution is -2.33. The predicted octanol–water partition coefficient (Wildman–Crippen LogP) is 3.14. The highest BCUT2D eigenvalue weighted by Gasteiger charge is 2.25. The zero-order valence-electron chi connectivity index (χ0n) is 14.3. The van der Waals surface area contributed by atoms with E-state index in [4.69, 9.17) is 5.73 Å². The number of hydrogen-bond acceptors (Lipinski definition) is 5. The summed E-state index contributed by atoms with van der Waals surface area (Å²) in [5.74, 6) is 1.91. The van der Waals surface area contributed by atoms with E-state index in [0.717, 1.165) is 31.7 Å². The summed E-state index contributed by atoms with van der Waals surface area (Å²) in [7, 11) is 0. The van der Waals surface area contributed by atoms with Crippen molar-refractivity contribution in [1.82, 2.24) is 20.2 Å². The van der Waals surface area contributed by atoms with Crippen molar-refractivity contribution in [2.75, 3.05) is 23.7 Å². The molecule has 1 aromatic carbocycles. The minimum atomic E-state index is 0.480. The number of rotatable bonds is 3. The lowest BCUT2D eigenvalue weighted by Gasteiger charge is -2.32. The molecule has 1 saturated heterocycles. The first-order valence-corrected chi connectivity index (χ1v) is 8.63. The fourth-order valence-corrected chi connectivity index (χ4v) is 3.58. The van der Waals surface area contributed by atoms with Crippen LogP contribution in [0.2, 0.25) is 0 Å². The number of hydrogen-bond donors (Lipinski definition) is 2. The monoisotopic (exact) mass is 334 g/mol. The Bertz CT molecular complexity index is 864. The molecular weight excluding hydrogens is 312 g/mol. The number of nitrogens with one attached hydrogen (secondary N) is 1. The van der Waals surface area contributed by atoms with Gasteiger partial charge >= 0.3 is 0 Å². The Labute approximate surface area is 147 Å². The van der Waals surface area contributed by atoms with Crippen LogP contribution in [-0.4, -0.2) is 33.3 Å². The minimum absolute atomic E-state index is 0.480. The molecule has 0 bridgehead atoms. The molecule has 6 nitrogen and oxygen atoms in total. The van der Waals surface area contributed by atoms with Crippen LogP contribution >= 0.6 is 0 Å². The van der Waals surface area contributed by atoms with Crippen LogP contribution in [0.5, 0.6) is 0 Å². The Morgan fingerprint density at radius 2 is 2.00 bits per heavy atom. The van der Waals surface area contributed by atoms with E-state index in [9.17, 15) is 0 Å². The molecule has 1 fully saturated rings.